The summed E-state index contributed by atoms with van der Waals surface area (Å²) in [6.07, 6.45) is 1.63. The number of nitrogens with one attached hydrogen (secondary N) is 1. The normalized spacial score (nSPS) is 14.3. The molecule has 1 aliphatic heterocycles. The van der Waals surface area contributed by atoms with E-state index in [0.717, 1.165) is 16.8 Å². The SMILES string of the molecule is CCOc1cc(/C=C2/SC(=S)N(NC(=O)c3ccccc3Cl)C2=O)ccc1OCc1c(F)cccc1Cl. The van der Waals surface area contributed by atoms with Crippen LogP contribution < -0.4 is 14.9 Å². The molecule has 190 valence electrons. The molecule has 0 bridgehead atoms. The van der Waals surface area contributed by atoms with E-state index in [-0.39, 0.29) is 32.1 Å². The average Bonchev–Trinajstić information content (AvgIpc) is 3.12. The van der Waals surface area contributed by atoms with E-state index in [1.807, 2.05) is 6.92 Å². The summed E-state index contributed by atoms with van der Waals surface area (Å²) in [5, 5.41) is 1.53. The molecule has 1 heterocycles. The van der Waals surface area contributed by atoms with E-state index < -0.39 is 17.6 Å². The molecule has 1 fully saturated rings. The van der Waals surface area contributed by atoms with E-state index in [1.54, 1.807) is 54.6 Å². The standard InChI is InChI=1S/C26H19Cl2FN2O4S2/c1-2-34-22-12-15(10-11-21(22)35-14-17-19(28)8-5-9-20(17)29)13-23-25(33)31(26(36)37-23)30-24(32)16-6-3-4-7-18(16)27/h3-13H,2,14H2,1H3,(H,30,32)/b23-13+. The third-order valence-corrected chi connectivity index (χ3v) is 7.11. The molecule has 11 heteroatoms. The summed E-state index contributed by atoms with van der Waals surface area (Å²) in [7, 11) is 0. The molecule has 1 aliphatic rings. The molecule has 3 aromatic rings. The Morgan fingerprint density at radius 1 is 1.08 bits per heavy atom. The molecule has 0 radical (unpaired) electrons. The molecule has 0 unspecified atom stereocenters. The lowest BCUT2D eigenvalue weighted by Gasteiger charge is -2.16. The Kier molecular flexibility index (Phi) is 8.71. The first kappa shape index (κ1) is 26.9. The minimum Gasteiger partial charge on any atom is -0.490 e. The van der Waals surface area contributed by atoms with Crippen LogP contribution in [0.4, 0.5) is 4.39 Å². The van der Waals surface area contributed by atoms with Crippen LogP contribution in [0.1, 0.15) is 28.4 Å². The number of halogens is 3. The van der Waals surface area contributed by atoms with Crippen LogP contribution in [-0.2, 0) is 11.4 Å². The molecule has 0 spiro atoms. The fraction of sp³-hybridized carbons (Fsp3) is 0.115. The molecule has 0 atom stereocenters. The van der Waals surface area contributed by atoms with Gasteiger partial charge in [-0.2, -0.15) is 5.01 Å². The van der Waals surface area contributed by atoms with Crippen molar-refractivity contribution < 1.29 is 23.5 Å². The number of ether oxygens (including phenoxy) is 2. The molecule has 0 saturated carbocycles. The largest absolute Gasteiger partial charge is 0.490 e. The summed E-state index contributed by atoms with van der Waals surface area (Å²) in [5.41, 5.74) is 3.59. The highest BCUT2D eigenvalue weighted by atomic mass is 35.5. The van der Waals surface area contributed by atoms with Crippen molar-refractivity contribution in [2.75, 3.05) is 6.61 Å². The highest BCUT2D eigenvalue weighted by Gasteiger charge is 2.34. The van der Waals surface area contributed by atoms with E-state index >= 15 is 0 Å². The van der Waals surface area contributed by atoms with Gasteiger partial charge in [-0.05, 0) is 67.2 Å². The van der Waals surface area contributed by atoms with Gasteiger partial charge >= 0.3 is 0 Å². The van der Waals surface area contributed by atoms with Gasteiger partial charge in [0.15, 0.2) is 15.8 Å². The Morgan fingerprint density at radius 2 is 1.84 bits per heavy atom. The number of amides is 2. The van der Waals surface area contributed by atoms with Crippen LogP contribution in [0, 0.1) is 5.82 Å². The number of rotatable bonds is 8. The van der Waals surface area contributed by atoms with Gasteiger partial charge in [-0.15, -0.1) is 0 Å². The second kappa shape index (κ2) is 12.0. The number of hydrogen-bond acceptors (Lipinski definition) is 6. The lowest BCUT2D eigenvalue weighted by Crippen LogP contribution is -2.44. The van der Waals surface area contributed by atoms with Crippen LogP contribution in [0.5, 0.6) is 11.5 Å². The Morgan fingerprint density at radius 3 is 2.57 bits per heavy atom. The van der Waals surface area contributed by atoms with Gasteiger partial charge in [0, 0.05) is 5.56 Å². The third-order valence-electron chi connectivity index (χ3n) is 5.12. The molecular formula is C26H19Cl2FN2O4S2. The number of carbonyl (C=O) groups is 2. The van der Waals surface area contributed by atoms with Crippen LogP contribution in [0.2, 0.25) is 10.0 Å². The van der Waals surface area contributed by atoms with Crippen molar-refractivity contribution in [1.82, 2.24) is 10.4 Å². The molecule has 6 nitrogen and oxygen atoms in total. The maximum atomic E-state index is 14.1. The number of thioether (sulfide) groups is 1. The number of hydrazine groups is 1. The number of benzene rings is 3. The lowest BCUT2D eigenvalue weighted by atomic mass is 10.1. The van der Waals surface area contributed by atoms with Gasteiger partial charge in [-0.3, -0.25) is 15.0 Å². The maximum Gasteiger partial charge on any atom is 0.285 e. The minimum absolute atomic E-state index is 0.0886. The lowest BCUT2D eigenvalue weighted by molar-refractivity contribution is -0.123. The molecule has 2 amide bonds. The Bertz CT molecular complexity index is 1400. The average molecular weight is 577 g/mol. The Labute approximate surface area is 232 Å². The first-order chi connectivity index (χ1) is 17.8. The molecule has 3 aromatic carbocycles. The van der Waals surface area contributed by atoms with E-state index in [1.165, 1.54) is 12.1 Å². The summed E-state index contributed by atoms with van der Waals surface area (Å²) in [6, 6.07) is 16.0. The van der Waals surface area contributed by atoms with Gasteiger partial charge in [0.2, 0.25) is 0 Å². The van der Waals surface area contributed by atoms with Crippen molar-refractivity contribution in [2.24, 2.45) is 0 Å². The highest BCUT2D eigenvalue weighted by molar-refractivity contribution is 8.26. The van der Waals surface area contributed by atoms with E-state index in [4.69, 9.17) is 44.9 Å². The van der Waals surface area contributed by atoms with Crippen LogP contribution in [0.3, 0.4) is 0 Å². The van der Waals surface area contributed by atoms with Crippen LogP contribution in [0.15, 0.2) is 65.6 Å². The van der Waals surface area contributed by atoms with Crippen molar-refractivity contribution in [2.45, 2.75) is 13.5 Å². The number of nitrogens with zero attached hydrogens (tertiary/aromatic N) is 1. The third kappa shape index (κ3) is 6.24. The first-order valence-corrected chi connectivity index (χ1v) is 12.9. The Balaban J connectivity index is 1.51. The molecular weight excluding hydrogens is 558 g/mol. The van der Waals surface area contributed by atoms with E-state index in [0.29, 0.717) is 28.6 Å². The molecule has 1 N–H and O–H groups in total. The van der Waals surface area contributed by atoms with Crippen molar-refractivity contribution in [3.63, 3.8) is 0 Å². The topological polar surface area (TPSA) is 67.9 Å². The van der Waals surface area contributed by atoms with Gasteiger partial charge in [0.25, 0.3) is 11.8 Å². The zero-order valence-electron chi connectivity index (χ0n) is 19.3. The molecule has 0 aliphatic carbocycles. The van der Waals surface area contributed by atoms with Gasteiger partial charge in [-0.1, -0.05) is 59.2 Å². The summed E-state index contributed by atoms with van der Waals surface area (Å²) in [6.45, 7) is 2.09. The van der Waals surface area contributed by atoms with Crippen LogP contribution >= 0.6 is 47.2 Å². The summed E-state index contributed by atoms with van der Waals surface area (Å²) < 4.78 is 25.8. The first-order valence-electron chi connectivity index (χ1n) is 10.9. The summed E-state index contributed by atoms with van der Waals surface area (Å²) >= 11 is 18.5. The van der Waals surface area contributed by atoms with Crippen molar-refractivity contribution in [1.29, 1.82) is 0 Å². The summed E-state index contributed by atoms with van der Waals surface area (Å²) in [5.74, 6) is -0.712. The quantitative estimate of drug-likeness (QED) is 0.239. The predicted molar refractivity (Wildman–Crippen MR) is 147 cm³/mol. The molecule has 4 rings (SSSR count). The van der Waals surface area contributed by atoms with Crippen molar-refractivity contribution in [3.8, 4) is 11.5 Å². The highest BCUT2D eigenvalue weighted by Crippen LogP contribution is 2.35. The second-order valence-electron chi connectivity index (χ2n) is 7.57. The number of thiocarbonyl (C=S) groups is 1. The molecule has 1 saturated heterocycles. The van der Waals surface area contributed by atoms with E-state index in [9.17, 15) is 14.0 Å². The van der Waals surface area contributed by atoms with E-state index in [2.05, 4.69) is 5.43 Å². The second-order valence-corrected chi connectivity index (χ2v) is 10.1. The van der Waals surface area contributed by atoms with Gasteiger partial charge < -0.3 is 9.47 Å². The minimum atomic E-state index is -0.557. The van der Waals surface area contributed by atoms with Crippen LogP contribution in [-0.4, -0.2) is 27.8 Å². The smallest absolute Gasteiger partial charge is 0.285 e. The van der Waals surface area contributed by atoms with Gasteiger partial charge in [0.1, 0.15) is 12.4 Å². The monoisotopic (exact) mass is 576 g/mol. The van der Waals surface area contributed by atoms with Crippen LogP contribution in [0.25, 0.3) is 6.08 Å². The maximum absolute atomic E-state index is 14.1. The number of carbonyl (C=O) groups excluding carboxylic acids is 2. The molecule has 37 heavy (non-hydrogen) atoms. The zero-order chi connectivity index (χ0) is 26.5. The predicted octanol–water partition coefficient (Wildman–Crippen LogP) is 6.66. The number of hydrogen-bond donors (Lipinski definition) is 1. The Hall–Kier alpha value is -3.11. The molecule has 0 aromatic heterocycles. The fourth-order valence-electron chi connectivity index (χ4n) is 3.34. The fourth-order valence-corrected chi connectivity index (χ4v) is 4.96. The summed E-state index contributed by atoms with van der Waals surface area (Å²) in [4.78, 5) is 25.9. The van der Waals surface area contributed by atoms with Crippen molar-refractivity contribution in [3.05, 3.63) is 98.1 Å². The zero-order valence-corrected chi connectivity index (χ0v) is 22.4. The van der Waals surface area contributed by atoms with Gasteiger partial charge in [-0.25, -0.2) is 4.39 Å². The van der Waals surface area contributed by atoms with Gasteiger partial charge in [0.05, 0.1) is 27.1 Å². The van der Waals surface area contributed by atoms with Crippen molar-refractivity contribution >= 4 is 69.4 Å².